The molecule has 1 saturated heterocycles. The Morgan fingerprint density at radius 3 is 2.36 bits per heavy atom. The summed E-state index contributed by atoms with van der Waals surface area (Å²) in [4.78, 5) is 20.4. The van der Waals surface area contributed by atoms with Gasteiger partial charge in [0.1, 0.15) is 12.4 Å². The third-order valence-corrected chi connectivity index (χ3v) is 7.94. The molecule has 0 saturated carbocycles. The van der Waals surface area contributed by atoms with E-state index in [1.54, 1.807) is 17.0 Å². The number of halogens is 4. The van der Waals surface area contributed by atoms with Crippen molar-refractivity contribution in [1.29, 1.82) is 0 Å². The number of carbonyl (C=O) groups is 1. The van der Waals surface area contributed by atoms with E-state index in [0.717, 1.165) is 25.8 Å². The summed E-state index contributed by atoms with van der Waals surface area (Å²) < 4.78 is 7.55. The standard InChI is InChI=1S/C27H22Br2Cl2N2O2S/c1-16(2)14-33-26(34)24(36-27(33)32-20-9-7-19(30)8-10-20)13-17-11-21(28)25(22(29)12-17)35-15-18-5-3-4-6-23(18)31/h3-13,16H,14-15H2,1-2H3/b24-13-,32-27?. The summed E-state index contributed by atoms with van der Waals surface area (Å²) >= 11 is 20.8. The second kappa shape index (κ2) is 12.2. The van der Waals surface area contributed by atoms with Crippen LogP contribution in [0.4, 0.5) is 5.69 Å². The summed E-state index contributed by atoms with van der Waals surface area (Å²) in [5.74, 6) is 0.892. The molecule has 1 aliphatic rings. The van der Waals surface area contributed by atoms with Crippen molar-refractivity contribution < 1.29 is 9.53 Å². The highest BCUT2D eigenvalue weighted by atomic mass is 79.9. The largest absolute Gasteiger partial charge is 0.486 e. The molecule has 9 heteroatoms. The van der Waals surface area contributed by atoms with Crippen molar-refractivity contribution in [2.75, 3.05) is 6.54 Å². The molecule has 36 heavy (non-hydrogen) atoms. The lowest BCUT2D eigenvalue weighted by molar-refractivity contribution is -0.122. The van der Waals surface area contributed by atoms with Gasteiger partial charge in [-0.1, -0.05) is 55.2 Å². The normalized spacial score (nSPS) is 16.0. The predicted octanol–water partition coefficient (Wildman–Crippen LogP) is 9.36. The van der Waals surface area contributed by atoms with Crippen molar-refractivity contribution in [2.24, 2.45) is 10.9 Å². The van der Waals surface area contributed by atoms with Crippen molar-refractivity contribution in [3.8, 4) is 5.75 Å². The molecule has 0 aliphatic carbocycles. The number of ether oxygens (including phenoxy) is 1. The molecule has 0 atom stereocenters. The van der Waals surface area contributed by atoms with Crippen LogP contribution in [0.1, 0.15) is 25.0 Å². The van der Waals surface area contributed by atoms with Crippen LogP contribution in [0.25, 0.3) is 6.08 Å². The van der Waals surface area contributed by atoms with Crippen LogP contribution in [0.15, 0.2) is 79.5 Å². The van der Waals surface area contributed by atoms with E-state index in [-0.39, 0.29) is 5.91 Å². The smallest absolute Gasteiger partial charge is 0.266 e. The minimum absolute atomic E-state index is 0.0623. The van der Waals surface area contributed by atoms with E-state index in [4.69, 9.17) is 32.9 Å². The highest BCUT2D eigenvalue weighted by Crippen LogP contribution is 2.39. The minimum Gasteiger partial charge on any atom is -0.486 e. The van der Waals surface area contributed by atoms with Crippen molar-refractivity contribution in [1.82, 2.24) is 4.90 Å². The molecule has 4 nitrogen and oxygen atoms in total. The number of hydrogen-bond acceptors (Lipinski definition) is 4. The second-order valence-corrected chi connectivity index (χ2v) is 12.0. The summed E-state index contributed by atoms with van der Waals surface area (Å²) in [5.41, 5.74) is 2.50. The van der Waals surface area contributed by atoms with Crippen molar-refractivity contribution in [3.63, 3.8) is 0 Å². The highest BCUT2D eigenvalue weighted by molar-refractivity contribution is 9.11. The molecule has 1 amide bonds. The van der Waals surface area contributed by atoms with Crippen LogP contribution in [-0.2, 0) is 11.4 Å². The molecule has 0 unspecified atom stereocenters. The van der Waals surface area contributed by atoms with Gasteiger partial charge in [-0.3, -0.25) is 9.69 Å². The van der Waals surface area contributed by atoms with Gasteiger partial charge in [0.2, 0.25) is 0 Å². The quantitative estimate of drug-likeness (QED) is 0.236. The molecule has 3 aromatic rings. The number of amides is 1. The zero-order chi connectivity index (χ0) is 25.8. The molecule has 3 aromatic carbocycles. The van der Waals surface area contributed by atoms with Crippen LogP contribution in [-0.4, -0.2) is 22.5 Å². The SMILES string of the molecule is CC(C)CN1C(=O)/C(=C/c2cc(Br)c(OCc3ccccc3Cl)c(Br)c2)SC1=Nc1ccc(Cl)cc1. The van der Waals surface area contributed by atoms with E-state index in [1.807, 2.05) is 54.6 Å². The van der Waals surface area contributed by atoms with Gasteiger partial charge < -0.3 is 4.74 Å². The number of thioether (sulfide) groups is 1. The summed E-state index contributed by atoms with van der Waals surface area (Å²) in [6, 6.07) is 18.7. The molecule has 1 heterocycles. The maximum absolute atomic E-state index is 13.3. The van der Waals surface area contributed by atoms with E-state index in [1.165, 1.54) is 11.8 Å². The van der Waals surface area contributed by atoms with E-state index in [0.29, 0.717) is 44.9 Å². The van der Waals surface area contributed by atoms with Gasteiger partial charge in [-0.15, -0.1) is 0 Å². The lowest BCUT2D eigenvalue weighted by Gasteiger charge is -2.17. The molecular weight excluding hydrogens is 647 g/mol. The van der Waals surface area contributed by atoms with Gasteiger partial charge >= 0.3 is 0 Å². The average Bonchev–Trinajstić information content (AvgIpc) is 3.09. The van der Waals surface area contributed by atoms with Crippen LogP contribution in [0.5, 0.6) is 5.75 Å². The zero-order valence-electron chi connectivity index (χ0n) is 19.5. The number of rotatable bonds is 7. The summed E-state index contributed by atoms with van der Waals surface area (Å²) in [5, 5.41) is 1.95. The molecule has 0 radical (unpaired) electrons. The highest BCUT2D eigenvalue weighted by Gasteiger charge is 2.33. The first-order valence-corrected chi connectivity index (χ1v) is 14.3. The number of hydrogen-bond donors (Lipinski definition) is 0. The Labute approximate surface area is 242 Å². The lowest BCUT2D eigenvalue weighted by atomic mass is 10.2. The van der Waals surface area contributed by atoms with Crippen molar-refractivity contribution in [3.05, 3.63) is 95.7 Å². The Morgan fingerprint density at radius 2 is 1.72 bits per heavy atom. The topological polar surface area (TPSA) is 41.9 Å². The zero-order valence-corrected chi connectivity index (χ0v) is 25.0. The Hall–Kier alpha value is -1.77. The first kappa shape index (κ1) is 27.3. The third kappa shape index (κ3) is 6.75. The van der Waals surface area contributed by atoms with Gasteiger partial charge in [-0.25, -0.2) is 4.99 Å². The second-order valence-electron chi connectivity index (χ2n) is 8.48. The number of nitrogens with zero attached hydrogens (tertiary/aromatic N) is 2. The molecule has 0 N–H and O–H groups in total. The van der Waals surface area contributed by atoms with Gasteiger partial charge in [0.15, 0.2) is 5.17 Å². The average molecular weight is 669 g/mol. The molecule has 1 aliphatic heterocycles. The molecule has 4 rings (SSSR count). The summed E-state index contributed by atoms with van der Waals surface area (Å²) in [7, 11) is 0. The third-order valence-electron chi connectivity index (χ3n) is 5.14. The Balaban J connectivity index is 1.59. The fourth-order valence-corrected chi connectivity index (χ4v) is 6.24. The summed E-state index contributed by atoms with van der Waals surface area (Å²) in [6.45, 7) is 5.07. The van der Waals surface area contributed by atoms with E-state index >= 15 is 0 Å². The van der Waals surface area contributed by atoms with Gasteiger partial charge in [0, 0.05) is 22.2 Å². The first-order valence-electron chi connectivity index (χ1n) is 11.1. The van der Waals surface area contributed by atoms with Crippen LogP contribution in [0.3, 0.4) is 0 Å². The van der Waals surface area contributed by atoms with E-state index in [2.05, 4.69) is 45.7 Å². The number of aliphatic imine (C=N–C) groups is 1. The van der Waals surface area contributed by atoms with Gasteiger partial charge in [0.05, 0.1) is 19.5 Å². The fourth-order valence-electron chi connectivity index (χ4n) is 3.46. The van der Waals surface area contributed by atoms with Gasteiger partial charge in [-0.05, 0) is 104 Å². The lowest BCUT2D eigenvalue weighted by Crippen LogP contribution is -2.32. The fraction of sp³-hybridized carbons (Fsp3) is 0.185. The Kier molecular flexibility index (Phi) is 9.23. The monoisotopic (exact) mass is 666 g/mol. The molecule has 186 valence electrons. The van der Waals surface area contributed by atoms with Crippen LogP contribution >= 0.6 is 66.8 Å². The Morgan fingerprint density at radius 1 is 1.06 bits per heavy atom. The van der Waals surface area contributed by atoms with Gasteiger partial charge in [0.25, 0.3) is 5.91 Å². The van der Waals surface area contributed by atoms with E-state index < -0.39 is 0 Å². The minimum atomic E-state index is -0.0623. The molecule has 0 spiro atoms. The van der Waals surface area contributed by atoms with E-state index in [9.17, 15) is 4.79 Å². The molecule has 0 bridgehead atoms. The van der Waals surface area contributed by atoms with Crippen molar-refractivity contribution in [2.45, 2.75) is 20.5 Å². The number of carbonyl (C=O) groups excluding carboxylic acids is 1. The molecule has 1 fully saturated rings. The Bertz CT molecular complexity index is 1320. The predicted molar refractivity (Wildman–Crippen MR) is 158 cm³/mol. The maximum atomic E-state index is 13.3. The number of amidine groups is 1. The number of benzene rings is 3. The van der Waals surface area contributed by atoms with Crippen LogP contribution in [0, 0.1) is 5.92 Å². The van der Waals surface area contributed by atoms with Crippen molar-refractivity contribution >= 4 is 89.7 Å². The summed E-state index contributed by atoms with van der Waals surface area (Å²) in [6.07, 6.45) is 1.87. The van der Waals surface area contributed by atoms with Crippen LogP contribution in [0.2, 0.25) is 10.0 Å². The maximum Gasteiger partial charge on any atom is 0.266 e. The molecule has 0 aromatic heterocycles. The van der Waals surface area contributed by atoms with Gasteiger partial charge in [-0.2, -0.15) is 0 Å². The molecular formula is C27H22Br2Cl2N2O2S. The van der Waals surface area contributed by atoms with Crippen LogP contribution < -0.4 is 4.74 Å². The first-order chi connectivity index (χ1) is 17.2.